The summed E-state index contributed by atoms with van der Waals surface area (Å²) in [6.45, 7) is 13.3. The SMILES string of the molecule is CC[C@H](C)[C@@H]([C@@H](CC(=O)N1CCC[C@H]1[C@H](OC)[C@@H](C)C(=O)N[C@@H](Cc1ccccc1)C(=O)O)OC)N(C)C(=O)[C@@H](NC(=O)[C@@H]1[C@H]2CC[C@H](C2)N1C(=O)OCc1ccc(NC(=O)[C@H](CCCNC(N)=O)NC(=O)[C@@H](NC(=O)CCCCCN2C(=O)C=CC2=O)C(C)C)cc1)C(C)C. The standard InChI is InChI=1S/C69H101N11O16/c1-11-42(6)59(52(94-9)38-56(84)78-35-19-23-51(78)61(95-10)43(7)62(85)74-50(67(90)91)36-44-20-14-12-15-21-44)77(8)66(89)58(41(4)5)76-65(88)60-46-27-30-48(37-46)80(60)69(93)96-39-45-25-28-47(29-26-45)72-63(86)49(22-18-33-71-68(70)92)73-64(87)57(40(2)3)75-53(81)24-16-13-17-34-79-54(82)31-32-55(79)83/h12,14-15,20-21,25-26,28-29,31-32,40-43,46,48-52,57-61H,11,13,16-19,22-24,27,30,33-39H2,1-10H3,(H,72,86)(H,73,87)(H,74,85)(H,75,81)(H,76,88)(H,90,91)(H3,70,71,92)/t42-,43+,46-,48+,49-,50-,51-,52+,57-,58-,59-,60-,61+/m0/s1. The molecule has 3 aliphatic heterocycles. The number of piperidine rings is 1. The van der Waals surface area contributed by atoms with Crippen LogP contribution in [0.2, 0.25) is 0 Å². The van der Waals surface area contributed by atoms with Crippen LogP contribution >= 0.6 is 0 Å². The number of carbonyl (C=O) groups is 12. The number of anilines is 1. The number of ether oxygens (including phenoxy) is 3. The molecule has 0 aromatic heterocycles. The molecule has 3 heterocycles. The Morgan fingerprint density at radius 2 is 1.41 bits per heavy atom. The molecule has 0 spiro atoms. The summed E-state index contributed by atoms with van der Waals surface area (Å²) in [5, 5.41) is 26.5. The number of carbonyl (C=O) groups excluding carboxylic acids is 11. The molecule has 6 rings (SSSR count). The average Bonchev–Trinajstić information content (AvgIpc) is 1.60. The Kier molecular flexibility index (Phi) is 29.2. The second-order valence-electron chi connectivity index (χ2n) is 26.5. The second kappa shape index (κ2) is 36.6. The van der Waals surface area contributed by atoms with Crippen molar-refractivity contribution in [2.45, 2.75) is 206 Å². The number of nitrogens with one attached hydrogen (secondary N) is 6. The lowest BCUT2D eigenvalue weighted by Gasteiger charge is -2.41. The van der Waals surface area contributed by atoms with E-state index in [1.54, 1.807) is 86.1 Å². The molecule has 13 atom stereocenters. The van der Waals surface area contributed by atoms with Gasteiger partial charge in [0, 0.05) is 77.6 Å². The third-order valence-corrected chi connectivity index (χ3v) is 19.1. The summed E-state index contributed by atoms with van der Waals surface area (Å²) in [5.41, 5.74) is 6.90. The van der Waals surface area contributed by atoms with E-state index in [1.807, 2.05) is 33.8 Å². The lowest BCUT2D eigenvalue weighted by Crippen LogP contribution is -2.60. The number of likely N-dealkylation sites (tertiary alicyclic amines) is 2. The van der Waals surface area contributed by atoms with Crippen LogP contribution in [0.1, 0.15) is 143 Å². The fraction of sp³-hybridized carbons (Fsp3) is 0.623. The van der Waals surface area contributed by atoms with Crippen LogP contribution in [0.4, 0.5) is 15.3 Å². The quantitative estimate of drug-likeness (QED) is 0.0340. The Bertz CT molecular complexity index is 3060. The van der Waals surface area contributed by atoms with Gasteiger partial charge in [-0.05, 0) is 105 Å². The van der Waals surface area contributed by atoms with Crippen molar-refractivity contribution >= 4 is 76.9 Å². The molecule has 0 radical (unpaired) electrons. The predicted octanol–water partition coefficient (Wildman–Crippen LogP) is 4.55. The maximum Gasteiger partial charge on any atom is 0.411 e. The van der Waals surface area contributed by atoms with E-state index in [9.17, 15) is 62.6 Å². The molecule has 96 heavy (non-hydrogen) atoms. The zero-order valence-corrected chi connectivity index (χ0v) is 57.2. The largest absolute Gasteiger partial charge is 0.480 e. The van der Waals surface area contributed by atoms with Gasteiger partial charge in [-0.25, -0.2) is 14.4 Å². The number of unbranched alkanes of at least 4 members (excludes halogenated alkanes) is 2. The fourth-order valence-electron chi connectivity index (χ4n) is 13.6. The zero-order valence-electron chi connectivity index (χ0n) is 57.2. The Morgan fingerprint density at radius 3 is 2.02 bits per heavy atom. The number of carboxylic acid groups (broad SMARTS) is 1. The number of carboxylic acids is 1. The molecule has 1 saturated carbocycles. The second-order valence-corrected chi connectivity index (χ2v) is 26.5. The van der Waals surface area contributed by atoms with Crippen molar-refractivity contribution in [1.29, 1.82) is 0 Å². The minimum Gasteiger partial charge on any atom is -0.480 e. The number of benzene rings is 2. The van der Waals surface area contributed by atoms with Gasteiger partial charge in [-0.1, -0.05) is 104 Å². The number of amides is 12. The molecule has 2 saturated heterocycles. The van der Waals surface area contributed by atoms with Gasteiger partial charge in [0.15, 0.2) is 0 Å². The molecule has 12 amide bonds. The first-order valence-electron chi connectivity index (χ1n) is 33.7. The van der Waals surface area contributed by atoms with Gasteiger partial charge in [-0.15, -0.1) is 0 Å². The van der Waals surface area contributed by atoms with E-state index >= 15 is 0 Å². The lowest BCUT2D eigenvalue weighted by molar-refractivity contribution is -0.148. The summed E-state index contributed by atoms with van der Waals surface area (Å²) >= 11 is 0. The summed E-state index contributed by atoms with van der Waals surface area (Å²) < 4.78 is 17.9. The van der Waals surface area contributed by atoms with Crippen LogP contribution in [0.5, 0.6) is 0 Å². The van der Waals surface area contributed by atoms with Gasteiger partial charge >= 0.3 is 18.1 Å². The first kappa shape index (κ1) is 76.6. The highest BCUT2D eigenvalue weighted by Crippen LogP contribution is 2.43. The number of methoxy groups -OCH3 is 2. The molecule has 2 bridgehead atoms. The van der Waals surface area contributed by atoms with Crippen molar-refractivity contribution in [3.63, 3.8) is 0 Å². The minimum atomic E-state index is -1.19. The van der Waals surface area contributed by atoms with Crippen LogP contribution < -0.4 is 37.6 Å². The number of aliphatic carboxylic acids is 1. The summed E-state index contributed by atoms with van der Waals surface area (Å²) in [6.07, 6.45) is 5.73. The van der Waals surface area contributed by atoms with Crippen molar-refractivity contribution in [1.82, 2.24) is 46.2 Å². The van der Waals surface area contributed by atoms with Gasteiger partial charge in [0.05, 0.1) is 36.6 Å². The van der Waals surface area contributed by atoms with E-state index in [-0.39, 0.29) is 99.2 Å². The van der Waals surface area contributed by atoms with Gasteiger partial charge in [0.1, 0.15) is 36.8 Å². The molecule has 3 fully saturated rings. The highest BCUT2D eigenvalue weighted by molar-refractivity contribution is 6.12. The van der Waals surface area contributed by atoms with E-state index in [1.165, 1.54) is 31.3 Å². The minimum absolute atomic E-state index is 0.0793. The first-order valence-corrected chi connectivity index (χ1v) is 33.7. The number of urea groups is 1. The highest BCUT2D eigenvalue weighted by atomic mass is 16.6. The van der Waals surface area contributed by atoms with Crippen molar-refractivity contribution in [2.24, 2.45) is 35.3 Å². The number of nitrogens with two attached hydrogens (primary N) is 1. The topological polar surface area (TPSA) is 364 Å². The van der Waals surface area contributed by atoms with Crippen molar-refractivity contribution in [3.8, 4) is 0 Å². The third-order valence-electron chi connectivity index (χ3n) is 19.1. The van der Waals surface area contributed by atoms with E-state index in [0.717, 1.165) is 10.5 Å². The molecule has 9 N–H and O–H groups in total. The molecule has 27 nitrogen and oxygen atoms in total. The number of fused-ring (bicyclic) bond motifs is 2. The Balaban J connectivity index is 1.04. The maximum absolute atomic E-state index is 14.9. The summed E-state index contributed by atoms with van der Waals surface area (Å²) in [7, 11) is 4.59. The Hall–Kier alpha value is -8.46. The van der Waals surface area contributed by atoms with Gasteiger partial charge in [-0.3, -0.25) is 53.0 Å². The summed E-state index contributed by atoms with van der Waals surface area (Å²) in [6, 6.07) is 8.00. The smallest absolute Gasteiger partial charge is 0.411 e. The van der Waals surface area contributed by atoms with Crippen LogP contribution in [0, 0.1) is 29.6 Å². The Labute approximate surface area is 562 Å². The number of hydrogen-bond acceptors (Lipinski definition) is 15. The van der Waals surface area contributed by atoms with Gasteiger partial charge in [0.25, 0.3) is 11.8 Å². The van der Waals surface area contributed by atoms with Crippen LogP contribution in [-0.2, 0) is 75.2 Å². The number of hydrogen-bond donors (Lipinski definition) is 8. The van der Waals surface area contributed by atoms with Crippen LogP contribution in [0.15, 0.2) is 66.7 Å². The Morgan fingerprint density at radius 1 is 0.740 bits per heavy atom. The summed E-state index contributed by atoms with van der Waals surface area (Å²) in [5.74, 6) is -7.20. The van der Waals surface area contributed by atoms with E-state index in [0.29, 0.717) is 75.6 Å². The number of imide groups is 1. The molecule has 4 aliphatic rings. The predicted molar refractivity (Wildman–Crippen MR) is 354 cm³/mol. The monoisotopic (exact) mass is 1340 g/mol. The zero-order chi connectivity index (χ0) is 70.5. The number of likely N-dealkylation sites (N-methyl/N-ethyl adjacent to an activating group) is 1. The molecule has 0 unspecified atom stereocenters. The normalized spacial score (nSPS) is 20.1. The van der Waals surface area contributed by atoms with Crippen molar-refractivity contribution in [3.05, 3.63) is 77.9 Å². The van der Waals surface area contributed by atoms with E-state index in [4.69, 9.17) is 19.9 Å². The number of nitrogens with zero attached hydrogens (tertiary/aromatic N) is 4. The van der Waals surface area contributed by atoms with Crippen molar-refractivity contribution in [2.75, 3.05) is 46.2 Å². The summed E-state index contributed by atoms with van der Waals surface area (Å²) in [4.78, 5) is 166. The highest BCUT2D eigenvalue weighted by Gasteiger charge is 2.53. The molecule has 1 aliphatic carbocycles. The molecule has 27 heteroatoms. The fourth-order valence-corrected chi connectivity index (χ4v) is 13.6. The van der Waals surface area contributed by atoms with Gasteiger partial charge in [-0.2, -0.15) is 0 Å². The van der Waals surface area contributed by atoms with Crippen LogP contribution in [0.3, 0.4) is 0 Å². The van der Waals surface area contributed by atoms with Crippen molar-refractivity contribution < 1.29 is 76.9 Å². The van der Waals surface area contributed by atoms with Gasteiger partial charge < -0.3 is 66.8 Å². The number of primary amides is 1. The van der Waals surface area contributed by atoms with Gasteiger partial charge in [0.2, 0.25) is 41.4 Å². The average molecular weight is 1340 g/mol. The lowest BCUT2D eigenvalue weighted by atomic mass is 9.89. The molecule has 2 aromatic rings. The third kappa shape index (κ3) is 20.8. The van der Waals surface area contributed by atoms with E-state index in [2.05, 4.69) is 31.9 Å². The molecular formula is C69H101N11O16. The van der Waals surface area contributed by atoms with E-state index < -0.39 is 114 Å². The molecular weight excluding hydrogens is 1240 g/mol. The van der Waals surface area contributed by atoms with Crippen LogP contribution in [0.25, 0.3) is 0 Å². The molecule has 2 aromatic carbocycles. The maximum atomic E-state index is 14.9. The van der Waals surface area contributed by atoms with Crippen LogP contribution in [-0.4, -0.2) is 197 Å². The first-order chi connectivity index (χ1) is 45.7. The number of rotatable bonds is 37. The molecule has 528 valence electrons.